The number of rotatable bonds is 7. The Bertz CT molecular complexity index is 1290. The second kappa shape index (κ2) is 9.46. The Hall–Kier alpha value is -3.40. The Morgan fingerprint density at radius 1 is 1.24 bits per heavy atom. The van der Waals surface area contributed by atoms with Gasteiger partial charge in [-0.1, -0.05) is 25.4 Å². The first-order chi connectivity index (χ1) is 16.2. The number of carbonyl (C=O) groups excluding carboxylic acids is 1. The number of methoxy groups -OCH3 is 1. The summed E-state index contributed by atoms with van der Waals surface area (Å²) in [7, 11) is 1.52. The minimum absolute atomic E-state index is 0.148. The molecular weight excluding hydrogens is 460 g/mol. The number of pyridine rings is 1. The van der Waals surface area contributed by atoms with Gasteiger partial charge in [0.25, 0.3) is 5.56 Å². The lowest BCUT2D eigenvalue weighted by Gasteiger charge is -2.22. The van der Waals surface area contributed by atoms with Gasteiger partial charge in [0.05, 0.1) is 29.7 Å². The molecule has 1 aromatic carbocycles. The molecule has 1 amide bonds. The summed E-state index contributed by atoms with van der Waals surface area (Å²) >= 11 is 6.25. The number of halogens is 1. The van der Waals surface area contributed by atoms with Crippen LogP contribution < -0.4 is 20.5 Å². The zero-order valence-electron chi connectivity index (χ0n) is 19.7. The van der Waals surface area contributed by atoms with E-state index in [1.54, 1.807) is 25.1 Å². The quantitative estimate of drug-likeness (QED) is 0.508. The standard InChI is InChI=1S/C23H27ClN6O4/c1-11(2)6-15-10-34-23(32)30(15)22-27-13(4)26-21(29-22)25-12(3)16-7-14-8-17(24)19(33-5)9-18(14)28-20(16)31/h7-9,11-12,15H,6,10H2,1-5H3,(H,28,31)(H,25,26,27,29)/t12-,15-/m0/s1. The summed E-state index contributed by atoms with van der Waals surface area (Å²) < 4.78 is 10.5. The van der Waals surface area contributed by atoms with E-state index in [4.69, 9.17) is 21.1 Å². The van der Waals surface area contributed by atoms with Crippen molar-refractivity contribution in [2.24, 2.45) is 5.92 Å². The molecule has 1 saturated heterocycles. The number of aryl methyl sites for hydroxylation is 1. The van der Waals surface area contributed by atoms with Crippen molar-refractivity contribution >= 4 is 40.5 Å². The molecule has 3 heterocycles. The fraction of sp³-hybridized carbons (Fsp3) is 0.435. The molecule has 0 spiro atoms. The predicted octanol–water partition coefficient (Wildman–Crippen LogP) is 4.23. The molecule has 34 heavy (non-hydrogen) atoms. The van der Waals surface area contributed by atoms with Crippen LogP contribution in [-0.4, -0.2) is 45.8 Å². The Morgan fingerprint density at radius 3 is 2.71 bits per heavy atom. The van der Waals surface area contributed by atoms with E-state index in [9.17, 15) is 9.59 Å². The van der Waals surface area contributed by atoms with Crippen molar-refractivity contribution in [3.8, 4) is 5.75 Å². The van der Waals surface area contributed by atoms with Gasteiger partial charge in [-0.15, -0.1) is 0 Å². The number of anilines is 2. The summed E-state index contributed by atoms with van der Waals surface area (Å²) in [6, 6.07) is 4.60. The Labute approximate surface area is 201 Å². The van der Waals surface area contributed by atoms with Crippen molar-refractivity contribution in [3.63, 3.8) is 0 Å². The lowest BCUT2D eigenvalue weighted by molar-refractivity contribution is 0.178. The van der Waals surface area contributed by atoms with E-state index in [-0.39, 0.29) is 23.5 Å². The number of benzene rings is 1. The molecule has 2 N–H and O–H groups in total. The minimum atomic E-state index is -0.478. The Morgan fingerprint density at radius 2 is 2.00 bits per heavy atom. The molecule has 0 radical (unpaired) electrons. The number of H-pyrrole nitrogens is 1. The second-order valence-electron chi connectivity index (χ2n) is 8.73. The highest BCUT2D eigenvalue weighted by Gasteiger charge is 2.37. The van der Waals surface area contributed by atoms with E-state index in [0.29, 0.717) is 40.2 Å². The second-order valence-corrected chi connectivity index (χ2v) is 9.14. The van der Waals surface area contributed by atoms with E-state index in [0.717, 1.165) is 11.8 Å². The molecule has 11 heteroatoms. The smallest absolute Gasteiger partial charge is 0.417 e. The summed E-state index contributed by atoms with van der Waals surface area (Å²) in [4.78, 5) is 42.7. The molecule has 3 aromatic rings. The zero-order valence-corrected chi connectivity index (χ0v) is 20.4. The third-order valence-corrected chi connectivity index (χ3v) is 5.91. The van der Waals surface area contributed by atoms with Crippen LogP contribution in [0.25, 0.3) is 10.9 Å². The Balaban J connectivity index is 1.63. The number of amides is 1. The molecule has 2 atom stereocenters. The molecule has 0 unspecified atom stereocenters. The first kappa shape index (κ1) is 23.7. The van der Waals surface area contributed by atoms with E-state index < -0.39 is 12.1 Å². The van der Waals surface area contributed by atoms with Gasteiger partial charge >= 0.3 is 6.09 Å². The Kier molecular flexibility index (Phi) is 6.60. The first-order valence-corrected chi connectivity index (χ1v) is 11.4. The number of cyclic esters (lactones) is 1. The van der Waals surface area contributed by atoms with Gasteiger partial charge in [-0.25, -0.2) is 9.69 Å². The van der Waals surface area contributed by atoms with E-state index in [1.165, 1.54) is 12.0 Å². The highest BCUT2D eigenvalue weighted by Crippen LogP contribution is 2.30. The average Bonchev–Trinajstić information content (AvgIpc) is 3.11. The van der Waals surface area contributed by atoms with Crippen LogP contribution in [0.3, 0.4) is 0 Å². The monoisotopic (exact) mass is 486 g/mol. The third kappa shape index (κ3) is 4.77. The maximum Gasteiger partial charge on any atom is 0.417 e. The van der Waals surface area contributed by atoms with Crippen molar-refractivity contribution in [2.75, 3.05) is 23.9 Å². The molecule has 1 aliphatic heterocycles. The van der Waals surface area contributed by atoms with Crippen molar-refractivity contribution in [1.82, 2.24) is 19.9 Å². The van der Waals surface area contributed by atoms with Gasteiger partial charge in [-0.2, -0.15) is 15.0 Å². The van der Waals surface area contributed by atoms with Crippen molar-refractivity contribution in [1.29, 1.82) is 0 Å². The topological polar surface area (TPSA) is 122 Å². The number of ether oxygens (including phenoxy) is 2. The fourth-order valence-electron chi connectivity index (χ4n) is 4.04. The van der Waals surface area contributed by atoms with Crippen LogP contribution in [0.15, 0.2) is 23.0 Å². The lowest BCUT2D eigenvalue weighted by Crippen LogP contribution is -2.36. The molecule has 2 aromatic heterocycles. The maximum atomic E-state index is 12.8. The van der Waals surface area contributed by atoms with Crippen molar-refractivity contribution in [2.45, 2.75) is 46.2 Å². The first-order valence-electron chi connectivity index (χ1n) is 11.0. The predicted molar refractivity (Wildman–Crippen MR) is 130 cm³/mol. The van der Waals surface area contributed by atoms with Crippen LogP contribution in [0.4, 0.5) is 16.7 Å². The normalized spacial score (nSPS) is 16.7. The van der Waals surface area contributed by atoms with Crippen LogP contribution >= 0.6 is 11.6 Å². The van der Waals surface area contributed by atoms with Crippen molar-refractivity contribution < 1.29 is 14.3 Å². The number of carbonyl (C=O) groups is 1. The molecular formula is C23H27ClN6O4. The summed E-state index contributed by atoms with van der Waals surface area (Å²) in [6.07, 6.45) is 0.281. The molecule has 0 aliphatic carbocycles. The minimum Gasteiger partial charge on any atom is -0.495 e. The van der Waals surface area contributed by atoms with Gasteiger partial charge in [0.15, 0.2) is 0 Å². The van der Waals surface area contributed by atoms with Crippen LogP contribution in [0, 0.1) is 12.8 Å². The number of nitrogens with one attached hydrogen (secondary N) is 2. The molecule has 180 valence electrons. The summed E-state index contributed by atoms with van der Waals surface area (Å²) in [5, 5.41) is 4.36. The molecule has 1 fully saturated rings. The van der Waals surface area contributed by atoms with E-state index in [1.807, 2.05) is 6.92 Å². The zero-order chi connectivity index (χ0) is 24.6. The van der Waals surface area contributed by atoms with Gasteiger partial charge in [-0.05, 0) is 38.3 Å². The number of aromatic nitrogens is 4. The SMILES string of the molecule is COc1cc2[nH]c(=O)c([C@H](C)Nc3nc(C)nc(N4C(=O)OC[C@@H]4CC(C)C)n3)cc2cc1Cl. The number of hydrogen-bond acceptors (Lipinski definition) is 8. The number of fused-ring (bicyclic) bond motifs is 1. The molecule has 1 aliphatic rings. The highest BCUT2D eigenvalue weighted by atomic mass is 35.5. The van der Waals surface area contributed by atoms with Crippen molar-refractivity contribution in [3.05, 3.63) is 45.0 Å². The summed E-state index contributed by atoms with van der Waals surface area (Å²) in [5.74, 6) is 1.77. The average molecular weight is 487 g/mol. The number of nitrogens with zero attached hydrogens (tertiary/aromatic N) is 4. The third-order valence-electron chi connectivity index (χ3n) is 5.61. The lowest BCUT2D eigenvalue weighted by atomic mass is 10.0. The maximum absolute atomic E-state index is 12.8. The largest absolute Gasteiger partial charge is 0.495 e. The summed E-state index contributed by atoms with van der Waals surface area (Å²) in [5.41, 5.74) is 0.832. The van der Waals surface area contributed by atoms with Gasteiger partial charge in [0, 0.05) is 17.0 Å². The van der Waals surface area contributed by atoms with E-state index in [2.05, 4.69) is 39.1 Å². The molecule has 0 bridgehead atoms. The van der Waals surface area contributed by atoms with Crippen LogP contribution in [0.1, 0.15) is 44.6 Å². The van der Waals surface area contributed by atoms with Crippen LogP contribution in [-0.2, 0) is 4.74 Å². The van der Waals surface area contributed by atoms with Crippen LogP contribution in [0.5, 0.6) is 5.75 Å². The van der Waals surface area contributed by atoms with Crippen LogP contribution in [0.2, 0.25) is 5.02 Å². The van der Waals surface area contributed by atoms with Gasteiger partial charge < -0.3 is 19.8 Å². The van der Waals surface area contributed by atoms with Gasteiger partial charge in [0.1, 0.15) is 18.2 Å². The summed E-state index contributed by atoms with van der Waals surface area (Å²) in [6.45, 7) is 8.00. The fourth-order valence-corrected chi connectivity index (χ4v) is 4.29. The van der Waals surface area contributed by atoms with E-state index >= 15 is 0 Å². The number of hydrogen-bond donors (Lipinski definition) is 2. The number of aromatic amines is 1. The molecule has 4 rings (SSSR count). The molecule has 0 saturated carbocycles. The van der Waals surface area contributed by atoms with Gasteiger partial charge in [-0.3, -0.25) is 4.79 Å². The highest BCUT2D eigenvalue weighted by molar-refractivity contribution is 6.32. The molecule has 10 nitrogen and oxygen atoms in total. The van der Waals surface area contributed by atoms with Gasteiger partial charge in [0.2, 0.25) is 11.9 Å².